The largest absolute Gasteiger partial charge is 0.253 e. The van der Waals surface area contributed by atoms with E-state index in [1.165, 1.54) is 30.8 Å². The van der Waals surface area contributed by atoms with Crippen molar-refractivity contribution in [1.29, 1.82) is 0 Å². The third kappa shape index (κ3) is 6.81. The van der Waals surface area contributed by atoms with Crippen molar-refractivity contribution in [2.75, 3.05) is 17.3 Å². The summed E-state index contributed by atoms with van der Waals surface area (Å²) in [6.07, 6.45) is 8.07. The van der Waals surface area contributed by atoms with Gasteiger partial charge in [0.2, 0.25) is 0 Å². The van der Waals surface area contributed by atoms with Gasteiger partial charge in [-0.15, -0.1) is 0 Å². The lowest BCUT2D eigenvalue weighted by molar-refractivity contribution is 0.893. The summed E-state index contributed by atoms with van der Waals surface area (Å²) in [7, 11) is 0.109. The summed E-state index contributed by atoms with van der Waals surface area (Å²) in [4.78, 5) is 0. The van der Waals surface area contributed by atoms with Crippen LogP contribution in [0.25, 0.3) is 0 Å². The summed E-state index contributed by atoms with van der Waals surface area (Å²) in [6, 6.07) is 0. The molecule has 0 aliphatic carbocycles. The van der Waals surface area contributed by atoms with Crippen LogP contribution in [0.1, 0.15) is 26.2 Å². The summed E-state index contributed by atoms with van der Waals surface area (Å²) in [5.74, 6) is 3.71. The Labute approximate surface area is 73.5 Å². The second-order valence-electron chi connectivity index (χ2n) is 2.55. The molecule has 0 spiro atoms. The van der Waals surface area contributed by atoms with E-state index in [0.29, 0.717) is 0 Å². The fourth-order valence-electron chi connectivity index (χ4n) is 0.788. The maximum atomic E-state index is 4.17. The highest BCUT2D eigenvalue weighted by Gasteiger charge is 1.94. The van der Waals surface area contributed by atoms with Crippen LogP contribution in [0.4, 0.5) is 0 Å². The number of unbranched alkanes of at least 4 members (excludes halogenated alkanes) is 1. The van der Waals surface area contributed by atoms with Crippen LogP contribution >= 0.6 is 23.5 Å². The van der Waals surface area contributed by atoms with E-state index < -0.39 is 0 Å². The van der Waals surface area contributed by atoms with Crippen LogP contribution in [0.2, 0.25) is 0 Å². The smallest absolute Gasteiger partial charge is 0.00907 e. The van der Waals surface area contributed by atoms with Gasteiger partial charge in [-0.1, -0.05) is 13.3 Å². The second kappa shape index (κ2) is 7.80. The first-order valence-corrected chi connectivity index (χ1v) is 6.50. The predicted molar refractivity (Wildman–Crippen MR) is 57.5 cm³/mol. The number of rotatable bonds is 6. The van der Waals surface area contributed by atoms with Crippen molar-refractivity contribution in [1.82, 2.24) is 0 Å². The first kappa shape index (κ1) is 10.7. The molecule has 0 heterocycles. The molecule has 0 aromatic heterocycles. The second-order valence-corrected chi connectivity index (χ2v) is 5.23. The topological polar surface area (TPSA) is 0 Å². The Morgan fingerprint density at radius 3 is 2.40 bits per heavy atom. The molecule has 0 rings (SSSR count). The standard InChI is InChI=1S/C8H19S2/c1-3-4-7-10(2)8-5-6-9/h9-10H,2-8H2,1H3. The molecule has 0 aliphatic rings. The molecule has 0 saturated carbocycles. The summed E-state index contributed by atoms with van der Waals surface area (Å²) in [5.41, 5.74) is 0. The van der Waals surface area contributed by atoms with E-state index in [4.69, 9.17) is 0 Å². The third-order valence-electron chi connectivity index (χ3n) is 1.46. The van der Waals surface area contributed by atoms with Crippen molar-refractivity contribution >= 4 is 23.5 Å². The van der Waals surface area contributed by atoms with E-state index in [0.717, 1.165) is 5.75 Å². The van der Waals surface area contributed by atoms with Crippen LogP contribution < -0.4 is 0 Å². The molecule has 0 bridgehead atoms. The van der Waals surface area contributed by atoms with E-state index >= 15 is 0 Å². The average Bonchev–Trinajstić information content (AvgIpc) is 1.97. The van der Waals surface area contributed by atoms with Crippen molar-refractivity contribution in [3.05, 3.63) is 6.26 Å². The zero-order chi connectivity index (χ0) is 7.82. The van der Waals surface area contributed by atoms with Crippen molar-refractivity contribution in [3.8, 4) is 0 Å². The highest BCUT2D eigenvalue weighted by atomic mass is 32.2. The van der Waals surface area contributed by atoms with E-state index in [9.17, 15) is 0 Å². The molecule has 2 heteroatoms. The van der Waals surface area contributed by atoms with Crippen molar-refractivity contribution in [2.45, 2.75) is 26.2 Å². The van der Waals surface area contributed by atoms with E-state index in [1.807, 2.05) is 0 Å². The quantitative estimate of drug-likeness (QED) is 0.576. The Bertz CT molecular complexity index is 56.3. The molecule has 0 aromatic carbocycles. The average molecular weight is 179 g/mol. The molecular weight excluding hydrogens is 160 g/mol. The van der Waals surface area contributed by atoms with E-state index in [2.05, 4.69) is 25.8 Å². The molecule has 1 unspecified atom stereocenters. The maximum absolute atomic E-state index is 4.17. The van der Waals surface area contributed by atoms with Gasteiger partial charge in [-0.05, 0) is 36.4 Å². The highest BCUT2D eigenvalue weighted by Crippen LogP contribution is 2.24. The lowest BCUT2D eigenvalue weighted by Gasteiger charge is -2.13. The van der Waals surface area contributed by atoms with Crippen LogP contribution in [-0.2, 0) is 0 Å². The Morgan fingerprint density at radius 2 is 1.90 bits per heavy atom. The lowest BCUT2D eigenvalue weighted by Crippen LogP contribution is -1.91. The van der Waals surface area contributed by atoms with Gasteiger partial charge in [0.1, 0.15) is 0 Å². The van der Waals surface area contributed by atoms with Crippen LogP contribution in [0.15, 0.2) is 0 Å². The Balaban J connectivity index is 3.00. The molecule has 0 aromatic rings. The van der Waals surface area contributed by atoms with E-state index in [1.54, 1.807) is 0 Å². The Morgan fingerprint density at radius 1 is 1.30 bits per heavy atom. The van der Waals surface area contributed by atoms with Gasteiger partial charge in [0.25, 0.3) is 0 Å². The minimum Gasteiger partial charge on any atom is -0.253 e. The normalized spacial score (nSPS) is 15.3. The molecule has 0 aliphatic heterocycles. The minimum absolute atomic E-state index is 0.109. The molecule has 1 atom stereocenters. The fraction of sp³-hybridized carbons (Fsp3) is 0.875. The van der Waals surface area contributed by atoms with Crippen molar-refractivity contribution in [2.24, 2.45) is 0 Å². The maximum Gasteiger partial charge on any atom is -0.00907 e. The van der Waals surface area contributed by atoms with Gasteiger partial charge < -0.3 is 0 Å². The van der Waals surface area contributed by atoms with Gasteiger partial charge in [0, 0.05) is 0 Å². The van der Waals surface area contributed by atoms with Gasteiger partial charge >= 0.3 is 0 Å². The van der Waals surface area contributed by atoms with Gasteiger partial charge in [-0.25, -0.2) is 0 Å². The minimum atomic E-state index is 0.109. The summed E-state index contributed by atoms with van der Waals surface area (Å²) >= 11 is 4.17. The summed E-state index contributed by atoms with van der Waals surface area (Å²) in [5, 5.41) is 0. The van der Waals surface area contributed by atoms with E-state index in [-0.39, 0.29) is 10.9 Å². The zero-order valence-corrected chi connectivity index (χ0v) is 8.63. The van der Waals surface area contributed by atoms with Gasteiger partial charge in [-0.2, -0.15) is 12.6 Å². The molecule has 0 fully saturated rings. The highest BCUT2D eigenvalue weighted by molar-refractivity contribution is 8.18. The number of hydrogen-bond donors (Lipinski definition) is 2. The molecule has 10 heavy (non-hydrogen) atoms. The van der Waals surface area contributed by atoms with Crippen molar-refractivity contribution in [3.63, 3.8) is 0 Å². The predicted octanol–water partition coefficient (Wildman–Crippen LogP) is 2.90. The fourth-order valence-corrected chi connectivity index (χ4v) is 2.79. The van der Waals surface area contributed by atoms with Gasteiger partial charge in [-0.3, -0.25) is 10.9 Å². The van der Waals surface area contributed by atoms with Gasteiger partial charge in [0.15, 0.2) is 0 Å². The van der Waals surface area contributed by atoms with Gasteiger partial charge in [0.05, 0.1) is 0 Å². The number of hydrogen-bond acceptors (Lipinski definition) is 1. The Hall–Kier alpha value is 0.700. The first-order valence-electron chi connectivity index (χ1n) is 3.97. The Kier molecular flexibility index (Phi) is 8.35. The molecular formula is C8H19S2. The van der Waals surface area contributed by atoms with Crippen LogP contribution in [0.3, 0.4) is 0 Å². The molecule has 0 nitrogen and oxygen atoms in total. The van der Waals surface area contributed by atoms with Crippen LogP contribution in [-0.4, -0.2) is 17.3 Å². The first-order chi connectivity index (χ1) is 4.81. The van der Waals surface area contributed by atoms with Crippen LogP contribution in [0, 0.1) is 6.26 Å². The summed E-state index contributed by atoms with van der Waals surface area (Å²) in [6.45, 7) is 2.24. The van der Waals surface area contributed by atoms with Crippen LogP contribution in [0.5, 0.6) is 0 Å². The molecule has 63 valence electrons. The van der Waals surface area contributed by atoms with Crippen molar-refractivity contribution < 1.29 is 0 Å². The molecule has 0 N–H and O–H groups in total. The SMILES string of the molecule is [CH2][SH](CCCC)CCCS. The molecule has 0 saturated heterocycles. The monoisotopic (exact) mass is 179 g/mol. The molecule has 0 amide bonds. The zero-order valence-electron chi connectivity index (χ0n) is 6.84. The number of thiol groups is 2. The third-order valence-corrected chi connectivity index (χ3v) is 3.67. The molecule has 1 radical (unpaired) electrons. The summed E-state index contributed by atoms with van der Waals surface area (Å²) < 4.78 is 0. The lowest BCUT2D eigenvalue weighted by atomic mass is 10.4.